The van der Waals surface area contributed by atoms with Crippen LogP contribution in [0.4, 0.5) is 11.5 Å². The van der Waals surface area contributed by atoms with Crippen molar-refractivity contribution in [3.63, 3.8) is 0 Å². The van der Waals surface area contributed by atoms with Crippen molar-refractivity contribution in [2.24, 2.45) is 0 Å². The molecule has 19 heavy (non-hydrogen) atoms. The second-order valence-electron chi connectivity index (χ2n) is 4.84. The van der Waals surface area contributed by atoms with Gasteiger partial charge in [-0.25, -0.2) is 19.9 Å². The number of aromatic nitrogens is 4. The summed E-state index contributed by atoms with van der Waals surface area (Å²) in [6, 6.07) is 0. The van der Waals surface area contributed by atoms with Crippen LogP contribution in [0.3, 0.4) is 0 Å². The first kappa shape index (κ1) is 11.8. The predicted molar refractivity (Wildman–Crippen MR) is 73.1 cm³/mol. The number of rotatable bonds is 2. The van der Waals surface area contributed by atoms with Gasteiger partial charge in [0, 0.05) is 18.3 Å². The molecular formula is C13H16N6. The second-order valence-corrected chi connectivity index (χ2v) is 4.84. The number of hydrogen-bond acceptors (Lipinski definition) is 6. The fourth-order valence-corrected chi connectivity index (χ4v) is 2.56. The van der Waals surface area contributed by atoms with E-state index in [1.54, 1.807) is 12.4 Å². The molecule has 0 aliphatic heterocycles. The Balaban J connectivity index is 2.07. The standard InChI is InChI=1S/C13H16N6/c14-10-11(8-3-1-2-4-8)18-13(19-12(10)15)9-5-16-7-17-6-9/h5-8H,1-4,14H2,(H2,15,18,19). The van der Waals surface area contributed by atoms with E-state index < -0.39 is 0 Å². The van der Waals surface area contributed by atoms with Gasteiger partial charge in [0.2, 0.25) is 0 Å². The maximum absolute atomic E-state index is 6.03. The van der Waals surface area contributed by atoms with Crippen LogP contribution in [0.25, 0.3) is 11.4 Å². The summed E-state index contributed by atoms with van der Waals surface area (Å²) < 4.78 is 0. The van der Waals surface area contributed by atoms with Crippen molar-refractivity contribution >= 4 is 11.5 Å². The molecule has 3 rings (SSSR count). The Kier molecular flexibility index (Phi) is 2.98. The Bertz CT molecular complexity index is 577. The van der Waals surface area contributed by atoms with Gasteiger partial charge in [0.1, 0.15) is 6.33 Å². The van der Waals surface area contributed by atoms with Crippen LogP contribution in [0, 0.1) is 0 Å². The average Bonchev–Trinajstić information content (AvgIpc) is 2.96. The van der Waals surface area contributed by atoms with E-state index in [4.69, 9.17) is 11.5 Å². The molecule has 1 aliphatic rings. The quantitative estimate of drug-likeness (QED) is 0.848. The third kappa shape index (κ3) is 2.21. The van der Waals surface area contributed by atoms with Gasteiger partial charge in [-0.1, -0.05) is 12.8 Å². The van der Waals surface area contributed by atoms with Gasteiger partial charge in [-0.15, -0.1) is 0 Å². The number of nitrogen functional groups attached to an aromatic ring is 2. The number of nitrogens with two attached hydrogens (primary N) is 2. The molecule has 2 aromatic heterocycles. The lowest BCUT2D eigenvalue weighted by Gasteiger charge is -2.14. The molecule has 0 bridgehead atoms. The van der Waals surface area contributed by atoms with Crippen molar-refractivity contribution < 1.29 is 0 Å². The lowest BCUT2D eigenvalue weighted by atomic mass is 10.0. The summed E-state index contributed by atoms with van der Waals surface area (Å²) in [6.45, 7) is 0. The van der Waals surface area contributed by atoms with Crippen molar-refractivity contribution in [1.82, 2.24) is 19.9 Å². The van der Waals surface area contributed by atoms with Gasteiger partial charge in [0.25, 0.3) is 0 Å². The predicted octanol–water partition coefficient (Wildman–Crippen LogP) is 1.76. The molecule has 98 valence electrons. The SMILES string of the molecule is Nc1nc(-c2cncnc2)nc(C2CCCC2)c1N. The molecule has 6 heteroatoms. The van der Waals surface area contributed by atoms with Crippen molar-refractivity contribution in [3.8, 4) is 11.4 Å². The molecule has 2 heterocycles. The second kappa shape index (κ2) is 4.79. The largest absolute Gasteiger partial charge is 0.394 e. The Morgan fingerprint density at radius 2 is 1.68 bits per heavy atom. The highest BCUT2D eigenvalue weighted by atomic mass is 15.0. The molecule has 1 saturated carbocycles. The number of anilines is 2. The molecular weight excluding hydrogens is 240 g/mol. The zero-order valence-electron chi connectivity index (χ0n) is 10.6. The molecule has 1 fully saturated rings. The van der Waals surface area contributed by atoms with E-state index in [1.165, 1.54) is 19.2 Å². The molecule has 4 N–H and O–H groups in total. The van der Waals surface area contributed by atoms with E-state index in [1.807, 2.05) is 0 Å². The molecule has 0 aromatic carbocycles. The Morgan fingerprint density at radius 3 is 2.37 bits per heavy atom. The van der Waals surface area contributed by atoms with Crippen LogP contribution in [0.2, 0.25) is 0 Å². The fourth-order valence-electron chi connectivity index (χ4n) is 2.56. The van der Waals surface area contributed by atoms with Gasteiger partial charge in [-0.05, 0) is 12.8 Å². The minimum Gasteiger partial charge on any atom is -0.394 e. The Morgan fingerprint density at radius 1 is 1.00 bits per heavy atom. The highest BCUT2D eigenvalue weighted by molar-refractivity contribution is 5.66. The summed E-state index contributed by atoms with van der Waals surface area (Å²) in [4.78, 5) is 16.8. The van der Waals surface area contributed by atoms with Crippen LogP contribution >= 0.6 is 0 Å². The van der Waals surface area contributed by atoms with Crippen LogP contribution in [-0.4, -0.2) is 19.9 Å². The van der Waals surface area contributed by atoms with Gasteiger partial charge < -0.3 is 11.5 Å². The molecule has 0 atom stereocenters. The van der Waals surface area contributed by atoms with Crippen molar-refractivity contribution in [2.75, 3.05) is 11.5 Å². The zero-order valence-corrected chi connectivity index (χ0v) is 10.6. The van der Waals surface area contributed by atoms with Gasteiger partial charge in [0.15, 0.2) is 11.6 Å². The van der Waals surface area contributed by atoms with E-state index >= 15 is 0 Å². The summed E-state index contributed by atoms with van der Waals surface area (Å²) in [6.07, 6.45) is 9.50. The van der Waals surface area contributed by atoms with Crippen LogP contribution in [-0.2, 0) is 0 Å². The normalized spacial score (nSPS) is 15.8. The lowest BCUT2D eigenvalue weighted by molar-refractivity contribution is 0.699. The molecule has 0 spiro atoms. The van der Waals surface area contributed by atoms with Gasteiger partial charge in [-0.3, -0.25) is 0 Å². The number of hydrogen-bond donors (Lipinski definition) is 2. The highest BCUT2D eigenvalue weighted by Gasteiger charge is 2.23. The van der Waals surface area contributed by atoms with E-state index in [9.17, 15) is 0 Å². The average molecular weight is 256 g/mol. The fraction of sp³-hybridized carbons (Fsp3) is 0.385. The van der Waals surface area contributed by atoms with E-state index in [0.717, 1.165) is 24.1 Å². The Hall–Kier alpha value is -2.24. The first-order chi connectivity index (χ1) is 9.25. The van der Waals surface area contributed by atoms with Crippen LogP contribution in [0.15, 0.2) is 18.7 Å². The third-order valence-corrected chi connectivity index (χ3v) is 3.57. The van der Waals surface area contributed by atoms with Crippen LogP contribution < -0.4 is 11.5 Å². The van der Waals surface area contributed by atoms with Crippen LogP contribution in [0.1, 0.15) is 37.3 Å². The third-order valence-electron chi connectivity index (χ3n) is 3.57. The van der Waals surface area contributed by atoms with Crippen LogP contribution in [0.5, 0.6) is 0 Å². The smallest absolute Gasteiger partial charge is 0.165 e. The summed E-state index contributed by atoms with van der Waals surface area (Å²) in [7, 11) is 0. The molecule has 0 radical (unpaired) electrons. The maximum atomic E-state index is 6.03. The molecule has 6 nitrogen and oxygen atoms in total. The topological polar surface area (TPSA) is 104 Å². The molecule has 1 aliphatic carbocycles. The summed E-state index contributed by atoms with van der Waals surface area (Å²) in [5.41, 5.74) is 14.1. The minimum absolute atomic E-state index is 0.343. The van der Waals surface area contributed by atoms with Gasteiger partial charge in [0.05, 0.1) is 16.9 Å². The lowest BCUT2D eigenvalue weighted by Crippen LogP contribution is -2.09. The van der Waals surface area contributed by atoms with Crippen molar-refractivity contribution in [1.29, 1.82) is 0 Å². The Labute approximate surface area is 111 Å². The highest BCUT2D eigenvalue weighted by Crippen LogP contribution is 2.37. The first-order valence-electron chi connectivity index (χ1n) is 6.44. The first-order valence-corrected chi connectivity index (χ1v) is 6.44. The van der Waals surface area contributed by atoms with Crippen molar-refractivity contribution in [2.45, 2.75) is 31.6 Å². The maximum Gasteiger partial charge on any atom is 0.165 e. The molecule has 0 unspecified atom stereocenters. The summed E-state index contributed by atoms with van der Waals surface area (Å²) >= 11 is 0. The summed E-state index contributed by atoms with van der Waals surface area (Å²) in [5.74, 6) is 1.29. The van der Waals surface area contributed by atoms with E-state index in [2.05, 4.69) is 19.9 Å². The van der Waals surface area contributed by atoms with Gasteiger partial charge in [-0.2, -0.15) is 0 Å². The monoisotopic (exact) mass is 256 g/mol. The zero-order chi connectivity index (χ0) is 13.2. The minimum atomic E-state index is 0.343. The van der Waals surface area contributed by atoms with E-state index in [-0.39, 0.29) is 0 Å². The van der Waals surface area contributed by atoms with Crippen molar-refractivity contribution in [3.05, 3.63) is 24.4 Å². The van der Waals surface area contributed by atoms with Gasteiger partial charge >= 0.3 is 0 Å². The molecule has 0 saturated heterocycles. The van der Waals surface area contributed by atoms with E-state index in [0.29, 0.717) is 23.2 Å². The molecule has 2 aromatic rings. The molecule has 0 amide bonds. The summed E-state index contributed by atoms with van der Waals surface area (Å²) in [5, 5.41) is 0. The number of nitrogens with zero attached hydrogens (tertiary/aromatic N) is 4.